The molecule has 0 radical (unpaired) electrons. The van der Waals surface area contributed by atoms with Crippen LogP contribution in [0, 0.1) is 13.8 Å². The van der Waals surface area contributed by atoms with E-state index in [1.165, 1.54) is 6.07 Å². The molecular formula is C18H17NO5S. The number of benzene rings is 2. The highest BCUT2D eigenvalue weighted by atomic mass is 32.2. The lowest BCUT2D eigenvalue weighted by atomic mass is 10.1. The molecule has 130 valence electrons. The van der Waals surface area contributed by atoms with Gasteiger partial charge < -0.3 is 0 Å². The second kappa shape index (κ2) is 6.42. The van der Waals surface area contributed by atoms with Crippen molar-refractivity contribution in [2.24, 2.45) is 0 Å². The average Bonchev–Trinajstić information content (AvgIpc) is 2.82. The number of carbonyl (C=O) groups is 2. The molecule has 0 atom stereocenters. The molecule has 0 fully saturated rings. The Balaban J connectivity index is 1.70. The van der Waals surface area contributed by atoms with Gasteiger partial charge in [0.25, 0.3) is 21.9 Å². The molecule has 1 aliphatic heterocycles. The van der Waals surface area contributed by atoms with Crippen LogP contribution in [0.5, 0.6) is 0 Å². The summed E-state index contributed by atoms with van der Waals surface area (Å²) in [6, 6.07) is 11.5. The van der Waals surface area contributed by atoms with E-state index < -0.39 is 21.9 Å². The van der Waals surface area contributed by atoms with Crippen molar-refractivity contribution in [1.29, 1.82) is 0 Å². The maximum atomic E-state index is 12.3. The molecule has 0 saturated heterocycles. The number of aryl methyl sites for hydroxylation is 2. The summed E-state index contributed by atoms with van der Waals surface area (Å²) in [5, 5.41) is 0. The maximum Gasteiger partial charge on any atom is 0.297 e. The molecule has 2 aromatic rings. The SMILES string of the molecule is Cc1ccc(C)c(S(=O)(=O)OCCN2C(=O)c3ccccc3C2=O)c1. The van der Waals surface area contributed by atoms with Gasteiger partial charge in [-0.1, -0.05) is 24.3 Å². The van der Waals surface area contributed by atoms with Crippen LogP contribution in [0.4, 0.5) is 0 Å². The quantitative estimate of drug-likeness (QED) is 0.604. The van der Waals surface area contributed by atoms with Crippen LogP contribution in [-0.2, 0) is 14.3 Å². The molecule has 0 N–H and O–H groups in total. The minimum Gasteiger partial charge on any atom is -0.272 e. The third-order valence-electron chi connectivity index (χ3n) is 4.04. The third-order valence-corrected chi connectivity index (χ3v) is 5.50. The summed E-state index contributed by atoms with van der Waals surface area (Å²) in [5.41, 5.74) is 2.02. The van der Waals surface area contributed by atoms with E-state index in [-0.39, 0.29) is 18.0 Å². The molecule has 0 unspecified atom stereocenters. The fourth-order valence-electron chi connectivity index (χ4n) is 2.72. The van der Waals surface area contributed by atoms with Crippen molar-refractivity contribution in [2.75, 3.05) is 13.2 Å². The number of fused-ring (bicyclic) bond motifs is 1. The second-order valence-electron chi connectivity index (χ2n) is 5.85. The van der Waals surface area contributed by atoms with E-state index in [1.807, 2.05) is 6.07 Å². The Kier molecular flexibility index (Phi) is 4.45. The second-order valence-corrected chi connectivity index (χ2v) is 7.44. The van der Waals surface area contributed by atoms with Crippen molar-refractivity contribution < 1.29 is 22.2 Å². The van der Waals surface area contributed by atoms with Gasteiger partial charge in [-0.25, -0.2) is 0 Å². The van der Waals surface area contributed by atoms with Gasteiger partial charge in [0.2, 0.25) is 0 Å². The number of hydrogen-bond donors (Lipinski definition) is 0. The van der Waals surface area contributed by atoms with Crippen molar-refractivity contribution in [3.8, 4) is 0 Å². The smallest absolute Gasteiger partial charge is 0.272 e. The van der Waals surface area contributed by atoms with Crippen LogP contribution in [-0.4, -0.2) is 38.3 Å². The molecule has 2 amide bonds. The van der Waals surface area contributed by atoms with E-state index in [1.54, 1.807) is 44.2 Å². The first-order valence-corrected chi connectivity index (χ1v) is 9.14. The van der Waals surface area contributed by atoms with Gasteiger partial charge in [-0.3, -0.25) is 18.7 Å². The van der Waals surface area contributed by atoms with Crippen molar-refractivity contribution in [2.45, 2.75) is 18.7 Å². The van der Waals surface area contributed by atoms with E-state index in [9.17, 15) is 18.0 Å². The van der Waals surface area contributed by atoms with Gasteiger partial charge in [-0.05, 0) is 43.2 Å². The monoisotopic (exact) mass is 359 g/mol. The molecule has 0 aliphatic carbocycles. The lowest BCUT2D eigenvalue weighted by molar-refractivity contribution is 0.0632. The maximum absolute atomic E-state index is 12.3. The van der Waals surface area contributed by atoms with Gasteiger partial charge >= 0.3 is 0 Å². The summed E-state index contributed by atoms with van der Waals surface area (Å²) in [6.45, 7) is 3.05. The highest BCUT2D eigenvalue weighted by Crippen LogP contribution is 2.23. The topological polar surface area (TPSA) is 80.8 Å². The van der Waals surface area contributed by atoms with E-state index in [2.05, 4.69) is 0 Å². The third kappa shape index (κ3) is 3.20. The fraction of sp³-hybridized carbons (Fsp3) is 0.222. The van der Waals surface area contributed by atoms with E-state index in [0.717, 1.165) is 10.5 Å². The lowest BCUT2D eigenvalue weighted by Gasteiger charge is -2.14. The average molecular weight is 359 g/mol. The predicted octanol–water partition coefficient (Wildman–Crippen LogP) is 2.30. The zero-order chi connectivity index (χ0) is 18.2. The van der Waals surface area contributed by atoms with Crippen LogP contribution in [0.2, 0.25) is 0 Å². The van der Waals surface area contributed by atoms with Gasteiger partial charge in [0.05, 0.1) is 29.2 Å². The van der Waals surface area contributed by atoms with Crippen LogP contribution < -0.4 is 0 Å². The first-order valence-electron chi connectivity index (χ1n) is 7.73. The van der Waals surface area contributed by atoms with Crippen LogP contribution in [0.3, 0.4) is 0 Å². The molecule has 25 heavy (non-hydrogen) atoms. The van der Waals surface area contributed by atoms with Gasteiger partial charge in [-0.15, -0.1) is 0 Å². The molecule has 1 heterocycles. The first kappa shape index (κ1) is 17.3. The summed E-state index contributed by atoms with van der Waals surface area (Å²) >= 11 is 0. The zero-order valence-electron chi connectivity index (χ0n) is 13.9. The fourth-order valence-corrected chi connectivity index (χ4v) is 3.93. The molecule has 0 spiro atoms. The summed E-state index contributed by atoms with van der Waals surface area (Å²) in [5.74, 6) is -0.873. The molecule has 3 rings (SSSR count). The molecule has 0 aromatic heterocycles. The summed E-state index contributed by atoms with van der Waals surface area (Å²) < 4.78 is 29.7. The van der Waals surface area contributed by atoms with Crippen molar-refractivity contribution in [1.82, 2.24) is 4.90 Å². The highest BCUT2D eigenvalue weighted by Gasteiger charge is 2.35. The van der Waals surface area contributed by atoms with Gasteiger partial charge in [0.15, 0.2) is 0 Å². The van der Waals surface area contributed by atoms with Crippen molar-refractivity contribution in [3.05, 3.63) is 64.7 Å². The van der Waals surface area contributed by atoms with Crippen molar-refractivity contribution >= 4 is 21.9 Å². The van der Waals surface area contributed by atoms with E-state index in [0.29, 0.717) is 16.7 Å². The van der Waals surface area contributed by atoms with Crippen LogP contribution >= 0.6 is 0 Å². The molecule has 2 aromatic carbocycles. The number of nitrogens with zero attached hydrogens (tertiary/aromatic N) is 1. The summed E-state index contributed by atoms with van der Waals surface area (Å²) in [7, 11) is -3.96. The van der Waals surface area contributed by atoms with Gasteiger partial charge in [0, 0.05) is 0 Å². The Labute approximate surface area is 146 Å². The van der Waals surface area contributed by atoms with Crippen LogP contribution in [0.1, 0.15) is 31.8 Å². The Bertz CT molecular complexity index is 930. The van der Waals surface area contributed by atoms with Crippen LogP contribution in [0.15, 0.2) is 47.4 Å². The predicted molar refractivity (Wildman–Crippen MR) is 90.9 cm³/mol. The minimum atomic E-state index is -3.96. The Morgan fingerprint density at radius 1 is 0.960 bits per heavy atom. The van der Waals surface area contributed by atoms with Crippen LogP contribution in [0.25, 0.3) is 0 Å². The molecule has 1 aliphatic rings. The molecule has 7 heteroatoms. The Morgan fingerprint density at radius 2 is 1.56 bits per heavy atom. The lowest BCUT2D eigenvalue weighted by Crippen LogP contribution is -2.33. The molecule has 6 nitrogen and oxygen atoms in total. The standard InChI is InChI=1S/C18H17NO5S/c1-12-7-8-13(2)16(11-12)25(22,23)24-10-9-19-17(20)14-5-3-4-6-15(14)18(19)21/h3-8,11H,9-10H2,1-2H3. The van der Waals surface area contributed by atoms with Gasteiger partial charge in [-0.2, -0.15) is 8.42 Å². The van der Waals surface area contributed by atoms with E-state index >= 15 is 0 Å². The number of imide groups is 1. The Hall–Kier alpha value is -2.51. The van der Waals surface area contributed by atoms with Crippen molar-refractivity contribution in [3.63, 3.8) is 0 Å². The Morgan fingerprint density at radius 3 is 2.16 bits per heavy atom. The van der Waals surface area contributed by atoms with E-state index in [4.69, 9.17) is 4.18 Å². The molecule has 0 bridgehead atoms. The number of hydrogen-bond acceptors (Lipinski definition) is 5. The normalized spacial score (nSPS) is 14.1. The number of amides is 2. The summed E-state index contributed by atoms with van der Waals surface area (Å²) in [6.07, 6.45) is 0. The molecule has 0 saturated carbocycles. The first-order chi connectivity index (χ1) is 11.8. The highest BCUT2D eigenvalue weighted by molar-refractivity contribution is 7.86. The largest absolute Gasteiger partial charge is 0.297 e. The minimum absolute atomic E-state index is 0.0925. The number of rotatable bonds is 5. The van der Waals surface area contributed by atoms with Gasteiger partial charge in [0.1, 0.15) is 0 Å². The molecular weight excluding hydrogens is 342 g/mol. The summed E-state index contributed by atoms with van der Waals surface area (Å²) in [4.78, 5) is 25.6. The number of carbonyl (C=O) groups excluding carboxylic acids is 2. The zero-order valence-corrected chi connectivity index (χ0v) is 14.7.